The van der Waals surface area contributed by atoms with Crippen molar-refractivity contribution in [2.24, 2.45) is 0 Å². The quantitative estimate of drug-likeness (QED) is 0.899. The molecule has 0 atom stereocenters. The number of aryl methyl sites for hydroxylation is 1. The Kier molecular flexibility index (Phi) is 3.28. The number of aromatic nitrogens is 1. The average Bonchev–Trinajstić information content (AvgIpc) is 2.39. The fourth-order valence-corrected chi connectivity index (χ4v) is 1.85. The van der Waals surface area contributed by atoms with Crippen LogP contribution in [-0.4, -0.2) is 15.6 Å². The second-order valence-electron chi connectivity index (χ2n) is 3.89. The van der Waals surface area contributed by atoms with Gasteiger partial charge < -0.3 is 9.67 Å². The van der Waals surface area contributed by atoms with Gasteiger partial charge in [0.15, 0.2) is 5.43 Å². The molecule has 0 bridgehead atoms. The smallest absolute Gasteiger partial charge is 0.341 e. The highest BCUT2D eigenvalue weighted by Crippen LogP contribution is 2.17. The summed E-state index contributed by atoms with van der Waals surface area (Å²) >= 11 is 0. The first-order chi connectivity index (χ1) is 8.63. The standard InChI is InChI=1S/C14H13NO3/c1-2-15-9-11(14(17)18)13(16)8-12(15)10-6-4-3-5-7-10/h3-9H,2H2,1H3,(H,17,18). The van der Waals surface area contributed by atoms with Gasteiger partial charge in [0.05, 0.1) is 5.69 Å². The summed E-state index contributed by atoms with van der Waals surface area (Å²) in [5.74, 6) is -1.19. The lowest BCUT2D eigenvalue weighted by molar-refractivity contribution is 0.0694. The van der Waals surface area contributed by atoms with Crippen molar-refractivity contribution in [1.29, 1.82) is 0 Å². The number of carboxylic acids is 1. The molecule has 2 rings (SSSR count). The second-order valence-corrected chi connectivity index (χ2v) is 3.89. The Bertz CT molecular complexity index is 629. The van der Waals surface area contributed by atoms with E-state index in [2.05, 4.69) is 0 Å². The molecule has 1 aromatic carbocycles. The average molecular weight is 243 g/mol. The molecule has 18 heavy (non-hydrogen) atoms. The van der Waals surface area contributed by atoms with E-state index < -0.39 is 11.4 Å². The third kappa shape index (κ3) is 2.18. The SMILES string of the molecule is CCn1cc(C(=O)O)c(=O)cc1-c1ccccc1. The van der Waals surface area contributed by atoms with Crippen molar-refractivity contribution in [1.82, 2.24) is 4.57 Å². The summed E-state index contributed by atoms with van der Waals surface area (Å²) in [6, 6.07) is 10.8. The second kappa shape index (κ2) is 4.87. The molecule has 0 aliphatic carbocycles. The van der Waals surface area contributed by atoms with Crippen LogP contribution in [0, 0.1) is 0 Å². The zero-order valence-electron chi connectivity index (χ0n) is 9.96. The van der Waals surface area contributed by atoms with Gasteiger partial charge >= 0.3 is 5.97 Å². The molecule has 4 nitrogen and oxygen atoms in total. The number of rotatable bonds is 3. The van der Waals surface area contributed by atoms with Crippen LogP contribution in [0.4, 0.5) is 0 Å². The highest BCUT2D eigenvalue weighted by molar-refractivity contribution is 5.87. The van der Waals surface area contributed by atoms with Gasteiger partial charge in [-0.05, 0) is 12.5 Å². The van der Waals surface area contributed by atoms with Gasteiger partial charge in [0, 0.05) is 18.8 Å². The first-order valence-electron chi connectivity index (χ1n) is 5.66. The number of pyridine rings is 1. The molecule has 92 valence electrons. The highest BCUT2D eigenvalue weighted by Gasteiger charge is 2.12. The van der Waals surface area contributed by atoms with E-state index in [4.69, 9.17) is 5.11 Å². The summed E-state index contributed by atoms with van der Waals surface area (Å²) in [6.07, 6.45) is 1.40. The van der Waals surface area contributed by atoms with Crippen molar-refractivity contribution in [2.45, 2.75) is 13.5 Å². The molecule has 0 aliphatic rings. The first kappa shape index (κ1) is 12.1. The number of hydrogen-bond acceptors (Lipinski definition) is 2. The van der Waals surface area contributed by atoms with Crippen molar-refractivity contribution in [2.75, 3.05) is 0 Å². The Balaban J connectivity index is 2.66. The number of nitrogens with zero attached hydrogens (tertiary/aromatic N) is 1. The molecule has 0 fully saturated rings. The van der Waals surface area contributed by atoms with Gasteiger partial charge in [-0.2, -0.15) is 0 Å². The van der Waals surface area contributed by atoms with Crippen LogP contribution in [0.3, 0.4) is 0 Å². The fourth-order valence-electron chi connectivity index (χ4n) is 1.85. The lowest BCUT2D eigenvalue weighted by Gasteiger charge is -2.12. The lowest BCUT2D eigenvalue weighted by atomic mass is 10.1. The van der Waals surface area contributed by atoms with Gasteiger partial charge in [0.1, 0.15) is 5.56 Å². The zero-order valence-corrected chi connectivity index (χ0v) is 9.96. The molecular weight excluding hydrogens is 230 g/mol. The maximum absolute atomic E-state index is 11.7. The molecule has 1 heterocycles. The summed E-state index contributed by atoms with van der Waals surface area (Å²) in [6.45, 7) is 2.51. The van der Waals surface area contributed by atoms with Gasteiger partial charge in [-0.15, -0.1) is 0 Å². The first-order valence-corrected chi connectivity index (χ1v) is 5.66. The van der Waals surface area contributed by atoms with Crippen LogP contribution in [0.2, 0.25) is 0 Å². The van der Waals surface area contributed by atoms with Crippen LogP contribution in [0.1, 0.15) is 17.3 Å². The number of carboxylic acid groups (broad SMARTS) is 1. The minimum absolute atomic E-state index is 0.198. The maximum atomic E-state index is 11.7. The summed E-state index contributed by atoms with van der Waals surface area (Å²) < 4.78 is 1.76. The monoisotopic (exact) mass is 243 g/mol. The van der Waals surface area contributed by atoms with Crippen molar-refractivity contribution in [3.63, 3.8) is 0 Å². The van der Waals surface area contributed by atoms with E-state index >= 15 is 0 Å². The largest absolute Gasteiger partial charge is 0.477 e. The van der Waals surface area contributed by atoms with E-state index in [1.807, 2.05) is 37.3 Å². The third-order valence-electron chi connectivity index (χ3n) is 2.77. The number of carbonyl (C=O) groups is 1. The normalized spacial score (nSPS) is 10.3. The van der Waals surface area contributed by atoms with Crippen LogP contribution in [0.15, 0.2) is 47.4 Å². The lowest BCUT2D eigenvalue weighted by Crippen LogP contribution is -2.18. The molecule has 0 saturated heterocycles. The molecule has 0 saturated carbocycles. The van der Waals surface area contributed by atoms with Gasteiger partial charge in [0.25, 0.3) is 0 Å². The summed E-state index contributed by atoms with van der Waals surface area (Å²) in [7, 11) is 0. The van der Waals surface area contributed by atoms with E-state index in [-0.39, 0.29) is 5.56 Å². The molecule has 0 spiro atoms. The van der Waals surface area contributed by atoms with E-state index in [9.17, 15) is 9.59 Å². The highest BCUT2D eigenvalue weighted by atomic mass is 16.4. The zero-order chi connectivity index (χ0) is 13.1. The Labute approximate surface area is 104 Å². The van der Waals surface area contributed by atoms with Crippen molar-refractivity contribution < 1.29 is 9.90 Å². The topological polar surface area (TPSA) is 59.3 Å². The van der Waals surface area contributed by atoms with Gasteiger partial charge in [0.2, 0.25) is 0 Å². The van der Waals surface area contributed by atoms with E-state index in [1.165, 1.54) is 12.3 Å². The molecule has 0 aliphatic heterocycles. The fraction of sp³-hybridized carbons (Fsp3) is 0.143. The minimum atomic E-state index is -1.19. The van der Waals surface area contributed by atoms with Gasteiger partial charge in [-0.3, -0.25) is 4.79 Å². The van der Waals surface area contributed by atoms with Crippen LogP contribution in [0.5, 0.6) is 0 Å². The molecule has 2 aromatic rings. The predicted molar refractivity (Wildman–Crippen MR) is 68.8 cm³/mol. The molecule has 1 aromatic heterocycles. The van der Waals surface area contributed by atoms with Gasteiger partial charge in [-0.25, -0.2) is 4.79 Å². The van der Waals surface area contributed by atoms with Crippen LogP contribution < -0.4 is 5.43 Å². The van der Waals surface area contributed by atoms with Crippen molar-refractivity contribution in [3.05, 3.63) is 58.4 Å². The number of benzene rings is 1. The molecule has 4 heteroatoms. The summed E-state index contributed by atoms with van der Waals surface area (Å²) in [4.78, 5) is 22.7. The van der Waals surface area contributed by atoms with Crippen LogP contribution in [0.25, 0.3) is 11.3 Å². The Morgan fingerprint density at radius 1 is 1.28 bits per heavy atom. The van der Waals surface area contributed by atoms with Crippen LogP contribution >= 0.6 is 0 Å². The van der Waals surface area contributed by atoms with Crippen molar-refractivity contribution >= 4 is 5.97 Å². The van der Waals surface area contributed by atoms with Gasteiger partial charge in [-0.1, -0.05) is 30.3 Å². The molecule has 0 unspecified atom stereocenters. The third-order valence-corrected chi connectivity index (χ3v) is 2.77. The summed E-state index contributed by atoms with van der Waals surface area (Å²) in [5.41, 5.74) is 0.962. The number of aromatic carboxylic acids is 1. The Morgan fingerprint density at radius 2 is 1.94 bits per heavy atom. The van der Waals surface area contributed by atoms with E-state index in [0.29, 0.717) is 6.54 Å². The van der Waals surface area contributed by atoms with E-state index in [1.54, 1.807) is 4.57 Å². The number of hydrogen-bond donors (Lipinski definition) is 1. The van der Waals surface area contributed by atoms with E-state index in [0.717, 1.165) is 11.3 Å². The van der Waals surface area contributed by atoms with Crippen molar-refractivity contribution in [3.8, 4) is 11.3 Å². The van der Waals surface area contributed by atoms with Crippen LogP contribution in [-0.2, 0) is 6.54 Å². The predicted octanol–water partition coefficient (Wildman–Crippen LogP) is 2.23. The molecule has 1 N–H and O–H groups in total. The maximum Gasteiger partial charge on any atom is 0.341 e. The molecule has 0 amide bonds. The molecular formula is C14H13NO3. The minimum Gasteiger partial charge on any atom is -0.477 e. The summed E-state index contributed by atoms with van der Waals surface area (Å²) in [5, 5.41) is 8.93. The molecule has 0 radical (unpaired) electrons. The Morgan fingerprint density at radius 3 is 2.50 bits per heavy atom. The Hall–Kier alpha value is -2.36.